The molecule has 1 amide bonds. The van der Waals surface area contributed by atoms with Gasteiger partial charge in [0.25, 0.3) is 0 Å². The van der Waals surface area contributed by atoms with Gasteiger partial charge >= 0.3 is 0 Å². The van der Waals surface area contributed by atoms with E-state index in [9.17, 15) is 4.79 Å². The predicted molar refractivity (Wildman–Crippen MR) is 64.1 cm³/mol. The standard InChI is InChI=1S/C12H16N2OS/c1-2-10-12(15)14(9-3-4-9)11(13-10)8-5-6-16-7-8/h5-7,9-11,13H,2-4H2,1H3. The second kappa shape index (κ2) is 3.86. The Hall–Kier alpha value is -0.870. The molecule has 2 fully saturated rings. The fraction of sp³-hybridized carbons (Fsp3) is 0.583. The molecule has 2 atom stereocenters. The van der Waals surface area contributed by atoms with Gasteiger partial charge in [0.05, 0.1) is 6.04 Å². The summed E-state index contributed by atoms with van der Waals surface area (Å²) in [5.41, 5.74) is 1.24. The molecule has 3 nitrogen and oxygen atoms in total. The molecule has 2 heterocycles. The van der Waals surface area contributed by atoms with E-state index in [-0.39, 0.29) is 12.2 Å². The molecule has 1 aliphatic carbocycles. The van der Waals surface area contributed by atoms with Gasteiger partial charge < -0.3 is 4.90 Å². The van der Waals surface area contributed by atoms with Gasteiger partial charge in [-0.25, -0.2) is 0 Å². The van der Waals surface area contributed by atoms with Crippen molar-refractivity contribution in [1.29, 1.82) is 0 Å². The first-order valence-electron chi connectivity index (χ1n) is 5.91. The minimum absolute atomic E-state index is 0.0190. The lowest BCUT2D eigenvalue weighted by atomic mass is 10.2. The van der Waals surface area contributed by atoms with E-state index in [0.717, 1.165) is 6.42 Å². The summed E-state index contributed by atoms with van der Waals surface area (Å²) in [5, 5.41) is 7.66. The zero-order valence-corrected chi connectivity index (χ0v) is 10.2. The van der Waals surface area contributed by atoms with E-state index >= 15 is 0 Å². The second-order valence-corrected chi connectivity index (χ2v) is 5.34. The molecule has 0 bridgehead atoms. The number of thiophene rings is 1. The first kappa shape index (κ1) is 10.3. The zero-order chi connectivity index (χ0) is 11.1. The molecule has 1 saturated heterocycles. The van der Waals surface area contributed by atoms with Gasteiger partial charge in [-0.1, -0.05) is 6.92 Å². The summed E-state index contributed by atoms with van der Waals surface area (Å²) in [6.45, 7) is 2.07. The normalized spacial score (nSPS) is 30.1. The molecule has 4 heteroatoms. The molecule has 16 heavy (non-hydrogen) atoms. The van der Waals surface area contributed by atoms with Crippen molar-refractivity contribution in [1.82, 2.24) is 10.2 Å². The van der Waals surface area contributed by atoms with E-state index in [4.69, 9.17) is 0 Å². The van der Waals surface area contributed by atoms with Crippen LogP contribution in [-0.4, -0.2) is 22.9 Å². The van der Waals surface area contributed by atoms with Crippen LogP contribution in [0.25, 0.3) is 0 Å². The van der Waals surface area contributed by atoms with Crippen molar-refractivity contribution < 1.29 is 4.79 Å². The highest BCUT2D eigenvalue weighted by atomic mass is 32.1. The van der Waals surface area contributed by atoms with Crippen LogP contribution in [0.3, 0.4) is 0 Å². The third kappa shape index (κ3) is 1.57. The van der Waals surface area contributed by atoms with Crippen LogP contribution in [0.5, 0.6) is 0 Å². The molecule has 0 spiro atoms. The number of nitrogens with zero attached hydrogens (tertiary/aromatic N) is 1. The molecule has 0 radical (unpaired) electrons. The van der Waals surface area contributed by atoms with Gasteiger partial charge in [0, 0.05) is 6.04 Å². The van der Waals surface area contributed by atoms with Crippen LogP contribution < -0.4 is 5.32 Å². The SMILES string of the molecule is CCC1NC(c2ccsc2)N(C2CC2)C1=O. The summed E-state index contributed by atoms with van der Waals surface area (Å²) in [4.78, 5) is 14.3. The molecule has 1 saturated carbocycles. The largest absolute Gasteiger partial charge is 0.319 e. The molecule has 2 aliphatic rings. The highest BCUT2D eigenvalue weighted by Gasteiger charge is 2.45. The van der Waals surface area contributed by atoms with Crippen molar-refractivity contribution in [2.24, 2.45) is 0 Å². The minimum Gasteiger partial charge on any atom is -0.319 e. The van der Waals surface area contributed by atoms with E-state index in [0.29, 0.717) is 11.9 Å². The number of hydrogen-bond donors (Lipinski definition) is 1. The van der Waals surface area contributed by atoms with Gasteiger partial charge in [0.15, 0.2) is 0 Å². The average Bonchev–Trinajstić information content (AvgIpc) is 2.87. The van der Waals surface area contributed by atoms with Gasteiger partial charge in [-0.05, 0) is 41.7 Å². The summed E-state index contributed by atoms with van der Waals surface area (Å²) in [7, 11) is 0. The summed E-state index contributed by atoms with van der Waals surface area (Å²) in [6, 6.07) is 2.62. The zero-order valence-electron chi connectivity index (χ0n) is 9.35. The minimum atomic E-state index is 0.0190. The number of carbonyl (C=O) groups is 1. The molecule has 2 unspecified atom stereocenters. The van der Waals surface area contributed by atoms with Gasteiger partial charge in [-0.3, -0.25) is 10.1 Å². The van der Waals surface area contributed by atoms with Crippen LogP contribution in [0.2, 0.25) is 0 Å². The van der Waals surface area contributed by atoms with E-state index < -0.39 is 0 Å². The van der Waals surface area contributed by atoms with Crippen molar-refractivity contribution >= 4 is 17.2 Å². The van der Waals surface area contributed by atoms with Gasteiger partial charge in [0.2, 0.25) is 5.91 Å². The van der Waals surface area contributed by atoms with E-state index in [1.807, 2.05) is 0 Å². The first-order chi connectivity index (χ1) is 7.81. The van der Waals surface area contributed by atoms with E-state index in [2.05, 4.69) is 34.0 Å². The van der Waals surface area contributed by atoms with Crippen molar-refractivity contribution in [3.63, 3.8) is 0 Å². The Morgan fingerprint density at radius 1 is 1.56 bits per heavy atom. The van der Waals surface area contributed by atoms with Crippen molar-refractivity contribution in [2.75, 3.05) is 0 Å². The Kier molecular flexibility index (Phi) is 2.48. The number of amides is 1. The van der Waals surface area contributed by atoms with Crippen LogP contribution >= 0.6 is 11.3 Å². The fourth-order valence-electron chi connectivity index (χ4n) is 2.37. The number of nitrogens with one attached hydrogen (secondary N) is 1. The molecule has 3 rings (SSSR count). The third-order valence-corrected chi connectivity index (χ3v) is 4.10. The Morgan fingerprint density at radius 2 is 2.38 bits per heavy atom. The monoisotopic (exact) mass is 236 g/mol. The molecule has 86 valence electrons. The average molecular weight is 236 g/mol. The van der Waals surface area contributed by atoms with Crippen molar-refractivity contribution in [3.05, 3.63) is 22.4 Å². The van der Waals surface area contributed by atoms with Crippen LogP contribution in [-0.2, 0) is 4.79 Å². The Morgan fingerprint density at radius 3 is 2.94 bits per heavy atom. The quantitative estimate of drug-likeness (QED) is 0.872. The first-order valence-corrected chi connectivity index (χ1v) is 6.86. The van der Waals surface area contributed by atoms with Crippen LogP contribution in [0.4, 0.5) is 0 Å². The van der Waals surface area contributed by atoms with E-state index in [1.54, 1.807) is 11.3 Å². The summed E-state index contributed by atoms with van der Waals surface area (Å²) in [5.74, 6) is 0.293. The smallest absolute Gasteiger partial charge is 0.241 e. The maximum atomic E-state index is 12.2. The van der Waals surface area contributed by atoms with Gasteiger partial charge in [0.1, 0.15) is 6.17 Å². The Labute approximate surface area is 99.5 Å². The van der Waals surface area contributed by atoms with Gasteiger partial charge in [-0.2, -0.15) is 11.3 Å². The lowest BCUT2D eigenvalue weighted by Gasteiger charge is -2.23. The second-order valence-electron chi connectivity index (χ2n) is 4.56. The fourth-order valence-corrected chi connectivity index (χ4v) is 3.05. The van der Waals surface area contributed by atoms with Crippen LogP contribution in [0.15, 0.2) is 16.8 Å². The maximum absolute atomic E-state index is 12.2. The van der Waals surface area contributed by atoms with Gasteiger partial charge in [-0.15, -0.1) is 0 Å². The lowest BCUT2D eigenvalue weighted by Crippen LogP contribution is -2.32. The predicted octanol–water partition coefficient (Wildman–Crippen LogP) is 2.12. The molecular formula is C12H16N2OS. The third-order valence-electron chi connectivity index (χ3n) is 3.40. The molecule has 1 N–H and O–H groups in total. The molecule has 1 aliphatic heterocycles. The van der Waals surface area contributed by atoms with Crippen molar-refractivity contribution in [3.8, 4) is 0 Å². The summed E-state index contributed by atoms with van der Waals surface area (Å²) < 4.78 is 0. The molecule has 1 aromatic heterocycles. The topological polar surface area (TPSA) is 32.3 Å². The maximum Gasteiger partial charge on any atom is 0.241 e. The highest BCUT2D eigenvalue weighted by Crippen LogP contribution is 2.38. The van der Waals surface area contributed by atoms with Crippen LogP contribution in [0, 0.1) is 0 Å². The number of carbonyl (C=O) groups excluding carboxylic acids is 1. The summed E-state index contributed by atoms with van der Waals surface area (Å²) in [6.07, 6.45) is 3.34. The van der Waals surface area contributed by atoms with Crippen molar-refractivity contribution in [2.45, 2.75) is 44.4 Å². The lowest BCUT2D eigenvalue weighted by molar-refractivity contribution is -0.130. The Bertz CT molecular complexity index is 386. The number of hydrogen-bond acceptors (Lipinski definition) is 3. The Balaban J connectivity index is 1.89. The number of rotatable bonds is 3. The molecule has 0 aromatic carbocycles. The van der Waals surface area contributed by atoms with E-state index in [1.165, 1.54) is 18.4 Å². The summed E-state index contributed by atoms with van der Waals surface area (Å²) >= 11 is 1.69. The molecule has 1 aromatic rings. The molecular weight excluding hydrogens is 220 g/mol. The highest BCUT2D eigenvalue weighted by molar-refractivity contribution is 7.07. The van der Waals surface area contributed by atoms with Crippen LogP contribution in [0.1, 0.15) is 37.9 Å².